The number of carbonyl (C=O) groups excluding carboxylic acids is 1. The number of rotatable bonds is 2. The van der Waals surface area contributed by atoms with Gasteiger partial charge in [0.15, 0.2) is 5.58 Å². The van der Waals surface area contributed by atoms with Gasteiger partial charge in [-0.25, -0.2) is 4.79 Å². The van der Waals surface area contributed by atoms with Crippen molar-refractivity contribution in [3.05, 3.63) is 46.2 Å². The second kappa shape index (κ2) is 6.65. The molecule has 0 spiro atoms. The lowest BCUT2D eigenvalue weighted by atomic mass is 10.1. The number of aromatic nitrogens is 2. The minimum Gasteiger partial charge on any atom is -0.423 e. The van der Waals surface area contributed by atoms with Gasteiger partial charge < -0.3 is 14.6 Å². The molecule has 26 heavy (non-hydrogen) atoms. The molecule has 1 aliphatic rings. The van der Waals surface area contributed by atoms with Crippen LogP contribution in [-0.2, 0) is 4.79 Å². The van der Waals surface area contributed by atoms with Crippen LogP contribution in [0, 0.1) is 0 Å². The zero-order valence-corrected chi connectivity index (χ0v) is 15.3. The predicted octanol–water partition coefficient (Wildman–Crippen LogP) is 3.71. The Hall–Kier alpha value is -2.53. The van der Waals surface area contributed by atoms with Gasteiger partial charge in [-0.05, 0) is 31.2 Å². The molecule has 0 bridgehead atoms. The van der Waals surface area contributed by atoms with Gasteiger partial charge in [0.25, 0.3) is 6.01 Å². The van der Waals surface area contributed by atoms with Crippen LogP contribution in [-0.4, -0.2) is 35.0 Å². The molecule has 1 unspecified atom stereocenters. The first-order chi connectivity index (χ1) is 12.6. The number of nitrogens with zero attached hydrogens (tertiary/aromatic N) is 3. The van der Waals surface area contributed by atoms with Crippen LogP contribution in [0.1, 0.15) is 6.92 Å². The molecule has 4 rings (SSSR count). The van der Waals surface area contributed by atoms with E-state index in [-0.39, 0.29) is 6.04 Å². The van der Waals surface area contributed by atoms with Crippen LogP contribution in [0.2, 0.25) is 10.0 Å². The van der Waals surface area contributed by atoms with E-state index in [9.17, 15) is 4.79 Å². The lowest BCUT2D eigenvalue weighted by Gasteiger charge is -2.33. The summed E-state index contributed by atoms with van der Waals surface area (Å²) < 4.78 is 6.05. The topological polar surface area (TPSA) is 71.3 Å². The maximum absolute atomic E-state index is 11.1. The molecule has 1 N–H and O–H groups in total. The average Bonchev–Trinajstić information content (AvgIpc) is 3.04. The van der Waals surface area contributed by atoms with Crippen LogP contribution in [0.25, 0.3) is 22.4 Å². The highest BCUT2D eigenvalue weighted by Crippen LogP contribution is 2.35. The van der Waals surface area contributed by atoms with Gasteiger partial charge in [0, 0.05) is 34.9 Å². The predicted molar refractivity (Wildman–Crippen MR) is 101 cm³/mol. The molecule has 8 heteroatoms. The molecule has 1 aromatic carbocycles. The van der Waals surface area contributed by atoms with Crippen LogP contribution in [0.15, 0.2) is 40.6 Å². The Bertz CT molecular complexity index is 1040. The first-order valence-corrected chi connectivity index (χ1v) is 8.80. The number of halogens is 2. The molecule has 0 saturated carbocycles. The lowest BCUT2D eigenvalue weighted by molar-refractivity contribution is 0.496. The van der Waals surface area contributed by atoms with Gasteiger partial charge in [0.1, 0.15) is 17.2 Å². The fourth-order valence-electron chi connectivity index (χ4n) is 3.04. The zero-order chi connectivity index (χ0) is 18.3. The fourth-order valence-corrected chi connectivity index (χ4v) is 3.41. The molecular formula is C18H14Cl2N4O2. The molecule has 0 radical (unpaired) electrons. The molecule has 1 aliphatic heterocycles. The summed E-state index contributed by atoms with van der Waals surface area (Å²) in [5.74, 6) is 1.94. The van der Waals surface area contributed by atoms with Gasteiger partial charge in [0.2, 0.25) is 0 Å². The number of anilines is 1. The summed E-state index contributed by atoms with van der Waals surface area (Å²) in [5.41, 5.74) is 3.03. The first-order valence-electron chi connectivity index (χ1n) is 8.04. The molecular weight excluding hydrogens is 375 g/mol. The van der Waals surface area contributed by atoms with E-state index in [0.717, 1.165) is 0 Å². The SMILES string of the molecule is CC1C(=C=O)NCCN1c1nc2cc(Cl)cc(-c3cc(Cl)ccn3)c2o1. The molecule has 1 fully saturated rings. The van der Waals surface area contributed by atoms with Crippen LogP contribution in [0.5, 0.6) is 0 Å². The molecule has 3 heterocycles. The highest BCUT2D eigenvalue weighted by atomic mass is 35.5. The van der Waals surface area contributed by atoms with E-state index in [2.05, 4.69) is 15.3 Å². The van der Waals surface area contributed by atoms with Crippen molar-refractivity contribution in [2.45, 2.75) is 13.0 Å². The van der Waals surface area contributed by atoms with Gasteiger partial charge in [0.05, 0.1) is 11.7 Å². The number of hydrogen-bond donors (Lipinski definition) is 1. The Morgan fingerprint density at radius 3 is 2.92 bits per heavy atom. The van der Waals surface area contributed by atoms with Crippen molar-refractivity contribution in [3.8, 4) is 11.3 Å². The molecule has 1 atom stereocenters. The highest BCUT2D eigenvalue weighted by molar-refractivity contribution is 6.32. The smallest absolute Gasteiger partial charge is 0.299 e. The largest absolute Gasteiger partial charge is 0.423 e. The number of fused-ring (bicyclic) bond motifs is 1. The van der Waals surface area contributed by atoms with Crippen molar-refractivity contribution < 1.29 is 9.21 Å². The summed E-state index contributed by atoms with van der Waals surface area (Å²) in [7, 11) is 0. The number of nitrogens with one attached hydrogen (secondary N) is 1. The van der Waals surface area contributed by atoms with E-state index >= 15 is 0 Å². The van der Waals surface area contributed by atoms with E-state index in [1.165, 1.54) is 0 Å². The number of benzene rings is 1. The molecule has 3 aromatic rings. The lowest BCUT2D eigenvalue weighted by Crippen LogP contribution is -2.48. The van der Waals surface area contributed by atoms with Gasteiger partial charge in [-0.1, -0.05) is 23.2 Å². The summed E-state index contributed by atoms with van der Waals surface area (Å²) in [5, 5.41) is 4.13. The number of piperazine rings is 1. The Labute approximate surface area is 159 Å². The summed E-state index contributed by atoms with van der Waals surface area (Å²) in [6.07, 6.45) is 1.63. The van der Waals surface area contributed by atoms with Gasteiger partial charge in [-0.3, -0.25) is 4.98 Å². The van der Waals surface area contributed by atoms with Crippen molar-refractivity contribution in [3.63, 3.8) is 0 Å². The molecule has 0 aliphatic carbocycles. The molecule has 132 valence electrons. The minimum absolute atomic E-state index is 0.211. The third kappa shape index (κ3) is 2.92. The van der Waals surface area contributed by atoms with E-state index in [0.29, 0.717) is 57.2 Å². The van der Waals surface area contributed by atoms with Crippen LogP contribution in [0.3, 0.4) is 0 Å². The summed E-state index contributed by atoms with van der Waals surface area (Å²) in [6, 6.07) is 7.17. The van der Waals surface area contributed by atoms with E-state index in [1.807, 2.05) is 17.8 Å². The standard InChI is InChI=1S/C18H14Cl2N4O2/c1-10-16(9-25)22-4-5-24(10)18-23-15-8-12(20)6-13(17(15)26-18)14-7-11(19)2-3-21-14/h2-3,6-8,10,22H,4-5H2,1H3. The first kappa shape index (κ1) is 16.9. The van der Waals surface area contributed by atoms with Crippen molar-refractivity contribution in [1.29, 1.82) is 0 Å². The van der Waals surface area contributed by atoms with Crippen molar-refractivity contribution in [2.24, 2.45) is 0 Å². The normalized spacial score (nSPS) is 17.3. The van der Waals surface area contributed by atoms with Gasteiger partial charge in [-0.15, -0.1) is 0 Å². The Kier molecular flexibility index (Phi) is 4.32. The Morgan fingerprint density at radius 1 is 1.31 bits per heavy atom. The third-order valence-corrected chi connectivity index (χ3v) is 4.80. The summed E-state index contributed by atoms with van der Waals surface area (Å²) in [4.78, 5) is 21.9. The maximum Gasteiger partial charge on any atom is 0.299 e. The maximum atomic E-state index is 11.1. The van der Waals surface area contributed by atoms with Crippen molar-refractivity contribution in [1.82, 2.24) is 15.3 Å². The second-order valence-electron chi connectivity index (χ2n) is 5.97. The van der Waals surface area contributed by atoms with Crippen molar-refractivity contribution >= 4 is 46.3 Å². The quantitative estimate of drug-likeness (QED) is 0.674. The molecule has 6 nitrogen and oxygen atoms in total. The average molecular weight is 389 g/mol. The fraction of sp³-hybridized carbons (Fsp3) is 0.222. The Balaban J connectivity index is 1.85. The molecule has 2 aromatic heterocycles. The number of oxazole rings is 1. The number of pyridine rings is 1. The highest BCUT2D eigenvalue weighted by Gasteiger charge is 2.28. The monoisotopic (exact) mass is 388 g/mol. The van der Waals surface area contributed by atoms with E-state index in [1.54, 1.807) is 30.5 Å². The zero-order valence-electron chi connectivity index (χ0n) is 13.8. The minimum atomic E-state index is -0.211. The van der Waals surface area contributed by atoms with Crippen LogP contribution in [0.4, 0.5) is 6.01 Å². The van der Waals surface area contributed by atoms with Gasteiger partial charge in [-0.2, -0.15) is 4.98 Å². The Morgan fingerprint density at radius 2 is 2.15 bits per heavy atom. The summed E-state index contributed by atoms with van der Waals surface area (Å²) >= 11 is 12.4. The third-order valence-electron chi connectivity index (χ3n) is 4.35. The van der Waals surface area contributed by atoms with Crippen molar-refractivity contribution in [2.75, 3.05) is 18.0 Å². The number of hydrogen-bond acceptors (Lipinski definition) is 6. The molecule has 1 saturated heterocycles. The van der Waals surface area contributed by atoms with Crippen LogP contribution >= 0.6 is 23.2 Å². The van der Waals surface area contributed by atoms with E-state index < -0.39 is 0 Å². The summed E-state index contributed by atoms with van der Waals surface area (Å²) in [6.45, 7) is 3.16. The van der Waals surface area contributed by atoms with E-state index in [4.69, 9.17) is 27.6 Å². The molecule has 0 amide bonds. The second-order valence-corrected chi connectivity index (χ2v) is 6.84. The van der Waals surface area contributed by atoms with Gasteiger partial charge >= 0.3 is 0 Å². The van der Waals surface area contributed by atoms with Crippen LogP contribution < -0.4 is 10.2 Å².